The van der Waals surface area contributed by atoms with E-state index in [4.69, 9.17) is 4.74 Å². The quantitative estimate of drug-likeness (QED) is 0.691. The molecule has 0 amide bonds. The number of benzene rings is 1. The highest BCUT2D eigenvalue weighted by Crippen LogP contribution is 2.40. The molecule has 0 bridgehead atoms. The van der Waals surface area contributed by atoms with Crippen molar-refractivity contribution in [2.24, 2.45) is 4.99 Å². The molecule has 0 spiro atoms. The van der Waals surface area contributed by atoms with Crippen LogP contribution in [0.15, 0.2) is 29.3 Å². The summed E-state index contributed by atoms with van der Waals surface area (Å²) in [6, 6.07) is 6.99. The van der Waals surface area contributed by atoms with Crippen molar-refractivity contribution in [3.63, 3.8) is 0 Å². The van der Waals surface area contributed by atoms with E-state index in [9.17, 15) is 9.90 Å². The van der Waals surface area contributed by atoms with Gasteiger partial charge in [0.25, 0.3) is 0 Å². The van der Waals surface area contributed by atoms with Gasteiger partial charge in [0.1, 0.15) is 10.8 Å². The van der Waals surface area contributed by atoms with Crippen LogP contribution in [0, 0.1) is 0 Å². The minimum Gasteiger partial charge on any atom is -0.507 e. The Bertz CT molecular complexity index is 734. The molecule has 1 aliphatic rings. The lowest BCUT2D eigenvalue weighted by Crippen LogP contribution is -2.07. The molecule has 114 valence electrons. The average Bonchev–Trinajstić information content (AvgIpc) is 2.91. The molecule has 2 aromatic rings. The van der Waals surface area contributed by atoms with Crippen molar-refractivity contribution in [2.45, 2.75) is 25.7 Å². The molecule has 3 rings (SSSR count). The number of ether oxygens (including phenoxy) is 1. The van der Waals surface area contributed by atoms with Crippen LogP contribution in [0.5, 0.6) is 5.75 Å². The molecule has 0 fully saturated rings. The number of hydrogen-bond acceptors (Lipinski definition) is 5. The molecule has 0 saturated carbocycles. The van der Waals surface area contributed by atoms with Crippen LogP contribution in [0.2, 0.25) is 0 Å². The SMILES string of the molecule is COC(=O)c1c(/N=C/c2ccccc2O)sc2c1CCCC2. The number of rotatable bonds is 3. The molecule has 1 N–H and O–H groups in total. The fourth-order valence-corrected chi connectivity index (χ4v) is 3.90. The van der Waals surface area contributed by atoms with Gasteiger partial charge in [0.2, 0.25) is 0 Å². The zero-order valence-corrected chi connectivity index (χ0v) is 13.2. The Morgan fingerprint density at radius 2 is 2.09 bits per heavy atom. The van der Waals surface area contributed by atoms with Crippen molar-refractivity contribution in [2.75, 3.05) is 7.11 Å². The summed E-state index contributed by atoms with van der Waals surface area (Å²) in [6.45, 7) is 0. The second-order valence-electron chi connectivity index (χ2n) is 5.20. The molecule has 1 aromatic carbocycles. The lowest BCUT2D eigenvalue weighted by Gasteiger charge is -2.11. The second-order valence-corrected chi connectivity index (χ2v) is 6.28. The van der Waals surface area contributed by atoms with E-state index in [2.05, 4.69) is 4.99 Å². The van der Waals surface area contributed by atoms with Crippen molar-refractivity contribution in [3.05, 3.63) is 45.8 Å². The van der Waals surface area contributed by atoms with Crippen LogP contribution in [0.25, 0.3) is 0 Å². The Balaban J connectivity index is 2.01. The number of carbonyl (C=O) groups excluding carboxylic acids is 1. The zero-order valence-electron chi connectivity index (χ0n) is 12.3. The third-order valence-corrected chi connectivity index (χ3v) is 5.00. The number of nitrogens with zero attached hydrogens (tertiary/aromatic N) is 1. The zero-order chi connectivity index (χ0) is 15.5. The summed E-state index contributed by atoms with van der Waals surface area (Å²) in [5, 5.41) is 10.5. The smallest absolute Gasteiger partial charge is 0.341 e. The highest BCUT2D eigenvalue weighted by atomic mass is 32.1. The molecule has 0 atom stereocenters. The van der Waals surface area contributed by atoms with Crippen LogP contribution < -0.4 is 0 Å². The molecule has 0 radical (unpaired) electrons. The van der Waals surface area contributed by atoms with Crippen LogP contribution in [0.4, 0.5) is 5.00 Å². The highest BCUT2D eigenvalue weighted by Gasteiger charge is 2.25. The molecule has 0 aliphatic heterocycles. The molecule has 5 heteroatoms. The average molecular weight is 315 g/mol. The summed E-state index contributed by atoms with van der Waals surface area (Å²) in [5.74, 6) is -0.156. The Kier molecular flexibility index (Phi) is 4.24. The monoisotopic (exact) mass is 315 g/mol. The number of fused-ring (bicyclic) bond motifs is 1. The van der Waals surface area contributed by atoms with Gasteiger partial charge in [-0.15, -0.1) is 11.3 Å². The van der Waals surface area contributed by atoms with E-state index in [1.807, 2.05) is 6.07 Å². The molecule has 0 unspecified atom stereocenters. The standard InChI is InChI=1S/C17H17NO3S/c1-21-17(20)15-12-7-3-5-9-14(12)22-16(15)18-10-11-6-2-4-8-13(11)19/h2,4,6,8,10,19H,3,5,7,9H2,1H3/b18-10+. The van der Waals surface area contributed by atoms with E-state index in [-0.39, 0.29) is 11.7 Å². The van der Waals surface area contributed by atoms with Gasteiger partial charge in [-0.05, 0) is 43.4 Å². The first-order valence-corrected chi connectivity index (χ1v) is 8.07. The molecule has 22 heavy (non-hydrogen) atoms. The van der Waals surface area contributed by atoms with Gasteiger partial charge in [0, 0.05) is 16.7 Å². The number of esters is 1. The first-order valence-electron chi connectivity index (χ1n) is 7.25. The normalized spacial score (nSPS) is 14.0. The van der Waals surface area contributed by atoms with E-state index in [1.165, 1.54) is 12.0 Å². The lowest BCUT2D eigenvalue weighted by molar-refractivity contribution is 0.0601. The number of aryl methyl sites for hydroxylation is 1. The maximum absolute atomic E-state index is 12.1. The van der Waals surface area contributed by atoms with Gasteiger partial charge in [-0.25, -0.2) is 9.79 Å². The van der Waals surface area contributed by atoms with Crippen LogP contribution in [0.3, 0.4) is 0 Å². The number of aliphatic imine (C=N–C) groups is 1. The number of carbonyl (C=O) groups is 1. The Hall–Kier alpha value is -2.14. The van der Waals surface area contributed by atoms with Gasteiger partial charge in [-0.1, -0.05) is 12.1 Å². The van der Waals surface area contributed by atoms with Crippen LogP contribution in [-0.2, 0) is 17.6 Å². The van der Waals surface area contributed by atoms with Crippen molar-refractivity contribution in [1.82, 2.24) is 0 Å². The molecular weight excluding hydrogens is 298 g/mol. The first-order chi connectivity index (χ1) is 10.7. The summed E-state index contributed by atoms with van der Waals surface area (Å²) in [6.07, 6.45) is 5.74. The Labute approximate surface area is 133 Å². The van der Waals surface area contributed by atoms with Gasteiger partial charge in [0.05, 0.1) is 12.7 Å². The Morgan fingerprint density at radius 3 is 2.86 bits per heavy atom. The predicted octanol–water partition coefficient (Wildman–Crippen LogP) is 3.87. The summed E-state index contributed by atoms with van der Waals surface area (Å²) >= 11 is 1.55. The van der Waals surface area contributed by atoms with Crippen molar-refractivity contribution < 1.29 is 14.6 Å². The van der Waals surface area contributed by atoms with Gasteiger partial charge < -0.3 is 9.84 Å². The summed E-state index contributed by atoms with van der Waals surface area (Å²) < 4.78 is 4.92. The third kappa shape index (κ3) is 2.76. The van der Waals surface area contributed by atoms with E-state index < -0.39 is 0 Å². The molecule has 1 heterocycles. The third-order valence-electron chi connectivity index (χ3n) is 3.80. The predicted molar refractivity (Wildman–Crippen MR) is 87.7 cm³/mol. The fraction of sp³-hybridized carbons (Fsp3) is 0.294. The second kappa shape index (κ2) is 6.32. The van der Waals surface area contributed by atoms with Gasteiger partial charge >= 0.3 is 5.97 Å². The first kappa shape index (κ1) is 14.8. The maximum Gasteiger partial charge on any atom is 0.341 e. The fourth-order valence-electron chi connectivity index (χ4n) is 2.68. The maximum atomic E-state index is 12.1. The summed E-state index contributed by atoms with van der Waals surface area (Å²) in [4.78, 5) is 17.8. The molecule has 0 saturated heterocycles. The van der Waals surface area contributed by atoms with E-state index in [0.29, 0.717) is 16.1 Å². The van der Waals surface area contributed by atoms with Crippen LogP contribution in [0.1, 0.15) is 39.2 Å². The number of para-hydroxylation sites is 1. The molecule has 1 aromatic heterocycles. The van der Waals surface area contributed by atoms with Crippen LogP contribution >= 0.6 is 11.3 Å². The summed E-state index contributed by atoms with van der Waals surface area (Å²) in [7, 11) is 1.39. The number of phenolic OH excluding ortho intramolecular Hbond substituents is 1. The summed E-state index contributed by atoms with van der Waals surface area (Å²) in [5.41, 5.74) is 2.31. The van der Waals surface area contributed by atoms with E-state index >= 15 is 0 Å². The lowest BCUT2D eigenvalue weighted by atomic mass is 9.95. The number of phenols is 1. The minimum absolute atomic E-state index is 0.173. The largest absolute Gasteiger partial charge is 0.507 e. The Morgan fingerprint density at radius 1 is 1.32 bits per heavy atom. The molecule has 4 nitrogen and oxygen atoms in total. The van der Waals surface area contributed by atoms with Gasteiger partial charge in [0.15, 0.2) is 0 Å². The van der Waals surface area contributed by atoms with E-state index in [1.54, 1.807) is 35.8 Å². The van der Waals surface area contributed by atoms with Gasteiger partial charge in [-0.2, -0.15) is 0 Å². The van der Waals surface area contributed by atoms with Crippen molar-refractivity contribution in [3.8, 4) is 5.75 Å². The van der Waals surface area contributed by atoms with Crippen molar-refractivity contribution >= 4 is 28.5 Å². The van der Waals surface area contributed by atoms with E-state index in [0.717, 1.165) is 31.2 Å². The molecular formula is C17H17NO3S. The van der Waals surface area contributed by atoms with Crippen molar-refractivity contribution in [1.29, 1.82) is 0 Å². The number of thiophene rings is 1. The number of aromatic hydroxyl groups is 1. The number of methoxy groups -OCH3 is 1. The van der Waals surface area contributed by atoms with Crippen LogP contribution in [-0.4, -0.2) is 24.4 Å². The highest BCUT2D eigenvalue weighted by molar-refractivity contribution is 7.16. The topological polar surface area (TPSA) is 58.9 Å². The van der Waals surface area contributed by atoms with Gasteiger partial charge in [-0.3, -0.25) is 0 Å². The molecule has 1 aliphatic carbocycles. The minimum atomic E-state index is -0.330. The number of hydrogen-bond donors (Lipinski definition) is 1.